The molecule has 2 aromatic rings. The molecule has 2 heterocycles. The normalized spacial score (nSPS) is 20.4. The Morgan fingerprint density at radius 2 is 1.97 bits per heavy atom. The first-order valence-corrected chi connectivity index (χ1v) is 10.1. The van der Waals surface area contributed by atoms with Crippen molar-refractivity contribution in [3.8, 4) is 17.2 Å². The van der Waals surface area contributed by atoms with E-state index in [1.807, 2.05) is 11.8 Å². The molecular weight excluding hydrogens is 370 g/mol. The summed E-state index contributed by atoms with van der Waals surface area (Å²) in [5, 5.41) is 10.8. The fourth-order valence-electron chi connectivity index (χ4n) is 4.38. The number of methoxy groups -OCH3 is 2. The van der Waals surface area contributed by atoms with Crippen LogP contribution in [0.15, 0.2) is 18.3 Å². The molecule has 0 aliphatic carbocycles. The van der Waals surface area contributed by atoms with E-state index in [0.29, 0.717) is 28.9 Å². The highest BCUT2D eigenvalue weighted by atomic mass is 16.5. The lowest BCUT2D eigenvalue weighted by Crippen LogP contribution is -2.43. The number of piperidine rings is 1. The lowest BCUT2D eigenvalue weighted by atomic mass is 9.88. The van der Waals surface area contributed by atoms with Gasteiger partial charge in [-0.3, -0.25) is 4.79 Å². The van der Waals surface area contributed by atoms with Crippen LogP contribution in [0, 0.1) is 18.8 Å². The van der Waals surface area contributed by atoms with E-state index >= 15 is 0 Å². The van der Waals surface area contributed by atoms with E-state index in [-0.39, 0.29) is 18.1 Å². The molecule has 29 heavy (non-hydrogen) atoms. The van der Waals surface area contributed by atoms with Crippen molar-refractivity contribution in [3.63, 3.8) is 0 Å². The summed E-state index contributed by atoms with van der Waals surface area (Å²) >= 11 is 0. The summed E-state index contributed by atoms with van der Waals surface area (Å²) in [6.07, 6.45) is 3.08. The highest BCUT2D eigenvalue weighted by molar-refractivity contribution is 5.78. The van der Waals surface area contributed by atoms with Crippen LogP contribution >= 0.6 is 0 Å². The van der Waals surface area contributed by atoms with Crippen LogP contribution in [0.1, 0.15) is 49.7 Å². The molecule has 1 amide bonds. The number of carbonyl (C=O) groups excluding carboxylic acids is 1. The number of hydrogen-bond donors (Lipinski definition) is 2. The van der Waals surface area contributed by atoms with Gasteiger partial charge in [0.25, 0.3) is 0 Å². The van der Waals surface area contributed by atoms with Crippen molar-refractivity contribution < 1.29 is 19.4 Å². The van der Waals surface area contributed by atoms with Gasteiger partial charge in [0.15, 0.2) is 0 Å². The third-order valence-corrected chi connectivity index (χ3v) is 5.60. The first-order valence-electron chi connectivity index (χ1n) is 10.1. The second kappa shape index (κ2) is 8.76. The van der Waals surface area contributed by atoms with Gasteiger partial charge in [0, 0.05) is 55.0 Å². The van der Waals surface area contributed by atoms with Crippen molar-refractivity contribution in [2.24, 2.45) is 11.8 Å². The quantitative estimate of drug-likeness (QED) is 0.774. The van der Waals surface area contributed by atoms with Gasteiger partial charge in [-0.2, -0.15) is 0 Å². The monoisotopic (exact) mass is 401 g/mol. The number of carbonyl (C=O) groups is 1. The topological polar surface area (TPSA) is 87.7 Å². The van der Waals surface area contributed by atoms with Crippen LogP contribution in [0.2, 0.25) is 0 Å². The van der Waals surface area contributed by atoms with Gasteiger partial charge in [0.1, 0.15) is 23.1 Å². The first kappa shape index (κ1) is 21.0. The predicted octanol–water partition coefficient (Wildman–Crippen LogP) is 3.47. The van der Waals surface area contributed by atoms with E-state index in [0.717, 1.165) is 31.0 Å². The van der Waals surface area contributed by atoms with Gasteiger partial charge < -0.3 is 24.5 Å². The summed E-state index contributed by atoms with van der Waals surface area (Å²) in [5.41, 5.74) is 1.33. The summed E-state index contributed by atoms with van der Waals surface area (Å²) in [6, 6.07) is 3.27. The second-order valence-electron chi connectivity index (χ2n) is 8.19. The average Bonchev–Trinajstić information content (AvgIpc) is 3.11. The van der Waals surface area contributed by atoms with Gasteiger partial charge in [0.05, 0.1) is 14.2 Å². The zero-order valence-corrected chi connectivity index (χ0v) is 17.9. The summed E-state index contributed by atoms with van der Waals surface area (Å²) in [6.45, 7) is 7.77. The number of imidazole rings is 1. The van der Waals surface area contributed by atoms with Crippen LogP contribution in [-0.2, 0) is 4.79 Å². The third-order valence-electron chi connectivity index (χ3n) is 5.60. The number of nitrogens with zero attached hydrogens (tertiary/aromatic N) is 2. The Morgan fingerprint density at radius 3 is 2.52 bits per heavy atom. The van der Waals surface area contributed by atoms with Crippen molar-refractivity contribution in [2.75, 3.05) is 27.3 Å². The number of aryl methyl sites for hydroxylation is 1. The zero-order valence-electron chi connectivity index (χ0n) is 17.9. The maximum absolute atomic E-state index is 13.2. The fraction of sp³-hybridized carbons (Fsp3) is 0.545. The molecular formula is C22H31N3O4. The van der Waals surface area contributed by atoms with E-state index in [4.69, 9.17) is 9.47 Å². The summed E-state index contributed by atoms with van der Waals surface area (Å²) < 4.78 is 10.8. The number of amides is 1. The third kappa shape index (κ3) is 4.66. The summed E-state index contributed by atoms with van der Waals surface area (Å²) in [5.74, 6) is 2.39. The maximum atomic E-state index is 13.2. The van der Waals surface area contributed by atoms with Crippen LogP contribution in [0.25, 0.3) is 0 Å². The number of phenols is 1. The van der Waals surface area contributed by atoms with E-state index < -0.39 is 5.92 Å². The largest absolute Gasteiger partial charge is 0.507 e. The van der Waals surface area contributed by atoms with Crippen LogP contribution in [-0.4, -0.2) is 53.2 Å². The van der Waals surface area contributed by atoms with E-state index in [9.17, 15) is 9.90 Å². The standard InChI is InChI=1S/C22H31N3O4/c1-13-6-14(2)12-25(11-13)21(27)9-17(18-10-23-15(3)24-18)22-19(26)7-16(28-4)8-20(22)29-5/h7-8,10,13-14,17,26H,6,9,11-12H2,1-5H3,(H,23,24)/t13-,14+,17?. The molecule has 158 valence electrons. The Labute approximate surface area is 172 Å². The predicted molar refractivity (Wildman–Crippen MR) is 111 cm³/mol. The second-order valence-corrected chi connectivity index (χ2v) is 8.19. The van der Waals surface area contributed by atoms with Crippen molar-refractivity contribution in [1.29, 1.82) is 0 Å². The minimum Gasteiger partial charge on any atom is -0.507 e. The van der Waals surface area contributed by atoms with E-state index in [1.165, 1.54) is 7.11 Å². The molecule has 7 nitrogen and oxygen atoms in total. The molecule has 1 unspecified atom stereocenters. The maximum Gasteiger partial charge on any atom is 0.223 e. The number of hydrogen-bond acceptors (Lipinski definition) is 5. The molecule has 1 aliphatic heterocycles. The number of H-pyrrole nitrogens is 1. The van der Waals surface area contributed by atoms with Crippen LogP contribution in [0.4, 0.5) is 0 Å². The lowest BCUT2D eigenvalue weighted by Gasteiger charge is -2.36. The molecule has 0 radical (unpaired) electrons. The van der Waals surface area contributed by atoms with Gasteiger partial charge >= 0.3 is 0 Å². The van der Waals surface area contributed by atoms with Gasteiger partial charge in [0.2, 0.25) is 5.91 Å². The minimum absolute atomic E-state index is 0.0339. The average molecular weight is 402 g/mol. The summed E-state index contributed by atoms with van der Waals surface area (Å²) in [7, 11) is 3.08. The fourth-order valence-corrected chi connectivity index (χ4v) is 4.38. The Kier molecular flexibility index (Phi) is 6.35. The van der Waals surface area contributed by atoms with Gasteiger partial charge in [-0.05, 0) is 25.2 Å². The molecule has 2 N–H and O–H groups in total. The van der Waals surface area contributed by atoms with Crippen LogP contribution < -0.4 is 9.47 Å². The van der Waals surface area contributed by atoms with Crippen molar-refractivity contribution >= 4 is 5.91 Å². The van der Waals surface area contributed by atoms with Gasteiger partial charge in [-0.15, -0.1) is 0 Å². The molecule has 0 saturated carbocycles. The number of aromatic amines is 1. The van der Waals surface area contributed by atoms with Crippen molar-refractivity contribution in [3.05, 3.63) is 35.4 Å². The number of benzene rings is 1. The molecule has 7 heteroatoms. The number of aromatic hydroxyl groups is 1. The Balaban J connectivity index is 1.98. The molecule has 0 bridgehead atoms. The number of nitrogens with one attached hydrogen (secondary N) is 1. The molecule has 3 rings (SSSR count). The highest BCUT2D eigenvalue weighted by Gasteiger charge is 2.31. The van der Waals surface area contributed by atoms with E-state index in [2.05, 4.69) is 23.8 Å². The number of aromatic nitrogens is 2. The van der Waals surface area contributed by atoms with Crippen molar-refractivity contribution in [1.82, 2.24) is 14.9 Å². The van der Waals surface area contributed by atoms with Crippen LogP contribution in [0.3, 0.4) is 0 Å². The number of ether oxygens (including phenoxy) is 2. The molecule has 1 aromatic carbocycles. The highest BCUT2D eigenvalue weighted by Crippen LogP contribution is 2.42. The smallest absolute Gasteiger partial charge is 0.223 e. The van der Waals surface area contributed by atoms with E-state index in [1.54, 1.807) is 25.4 Å². The molecule has 1 aliphatic rings. The zero-order chi connectivity index (χ0) is 21.1. The molecule has 1 fully saturated rings. The molecule has 1 saturated heterocycles. The Morgan fingerprint density at radius 1 is 1.28 bits per heavy atom. The minimum atomic E-state index is -0.405. The summed E-state index contributed by atoms with van der Waals surface area (Å²) in [4.78, 5) is 22.7. The molecule has 3 atom stereocenters. The van der Waals surface area contributed by atoms with Crippen molar-refractivity contribution in [2.45, 2.75) is 39.5 Å². The lowest BCUT2D eigenvalue weighted by molar-refractivity contribution is -0.134. The van der Waals surface area contributed by atoms with Gasteiger partial charge in [-0.1, -0.05) is 13.8 Å². The van der Waals surface area contributed by atoms with Gasteiger partial charge in [-0.25, -0.2) is 4.98 Å². The Hall–Kier alpha value is -2.70. The molecule has 0 spiro atoms. The Bertz CT molecular complexity index is 854. The number of rotatable bonds is 6. The van der Waals surface area contributed by atoms with Crippen LogP contribution in [0.5, 0.6) is 17.2 Å². The SMILES string of the molecule is COc1cc(O)c(C(CC(=O)N2C[C@H](C)C[C@H](C)C2)c2cnc(C)[nH]2)c(OC)c1. The number of phenolic OH excluding ortho intramolecular Hbond substituents is 1. The first-order chi connectivity index (χ1) is 13.8. The number of likely N-dealkylation sites (tertiary alicyclic amines) is 1. The molecule has 1 aromatic heterocycles.